The second-order valence-electron chi connectivity index (χ2n) is 4.15. The lowest BCUT2D eigenvalue weighted by molar-refractivity contribution is -0.150. The number of rotatable bonds is 4. The summed E-state index contributed by atoms with van der Waals surface area (Å²) in [6.07, 6.45) is -3.71. The quantitative estimate of drug-likeness (QED) is 0.816. The third kappa shape index (κ3) is 2.85. The third-order valence-electron chi connectivity index (χ3n) is 2.82. The van der Waals surface area contributed by atoms with Crippen LogP contribution in [-0.2, 0) is 0 Å². The number of aryl methyl sites for hydroxylation is 2. The Bertz CT molecular complexity index is 434. The Hall–Kier alpha value is -0.620. The lowest BCUT2D eigenvalue weighted by atomic mass is 9.94. The first-order chi connectivity index (χ1) is 8.21. The standard InChI is InChI=1S/C12H14BrF4N/c1-6-5-9(13)7(2)4-8(6)10(18-3)12(16,17)11(14)15/h4-5,10-11,18H,1-3H3. The summed E-state index contributed by atoms with van der Waals surface area (Å²) in [5.41, 5.74) is 1.44. The fourth-order valence-electron chi connectivity index (χ4n) is 1.80. The van der Waals surface area contributed by atoms with Crippen molar-refractivity contribution in [3.63, 3.8) is 0 Å². The summed E-state index contributed by atoms with van der Waals surface area (Å²) >= 11 is 3.27. The zero-order chi connectivity index (χ0) is 14.1. The van der Waals surface area contributed by atoms with E-state index in [1.807, 2.05) is 0 Å². The molecule has 0 aliphatic carbocycles. The zero-order valence-corrected chi connectivity index (χ0v) is 11.8. The van der Waals surface area contributed by atoms with E-state index >= 15 is 0 Å². The molecule has 0 aromatic heterocycles. The van der Waals surface area contributed by atoms with Gasteiger partial charge in [0.15, 0.2) is 0 Å². The molecule has 18 heavy (non-hydrogen) atoms. The van der Waals surface area contributed by atoms with E-state index in [1.54, 1.807) is 19.9 Å². The maximum atomic E-state index is 13.5. The highest BCUT2D eigenvalue weighted by Crippen LogP contribution is 2.38. The van der Waals surface area contributed by atoms with Gasteiger partial charge in [0.25, 0.3) is 0 Å². The fraction of sp³-hybridized carbons (Fsp3) is 0.500. The van der Waals surface area contributed by atoms with Gasteiger partial charge in [-0.05, 0) is 43.7 Å². The van der Waals surface area contributed by atoms with E-state index in [9.17, 15) is 17.6 Å². The largest absolute Gasteiger partial charge is 0.326 e. The van der Waals surface area contributed by atoms with Crippen LogP contribution in [0.5, 0.6) is 0 Å². The van der Waals surface area contributed by atoms with Gasteiger partial charge in [0.2, 0.25) is 0 Å². The van der Waals surface area contributed by atoms with Crippen molar-refractivity contribution in [3.05, 3.63) is 33.3 Å². The van der Waals surface area contributed by atoms with Gasteiger partial charge >= 0.3 is 12.3 Å². The highest BCUT2D eigenvalue weighted by atomic mass is 79.9. The summed E-state index contributed by atoms with van der Waals surface area (Å²) in [5.74, 6) is -4.11. The highest BCUT2D eigenvalue weighted by molar-refractivity contribution is 9.10. The molecule has 1 rings (SSSR count). The van der Waals surface area contributed by atoms with E-state index in [1.165, 1.54) is 13.1 Å². The van der Waals surface area contributed by atoms with Gasteiger partial charge in [-0.15, -0.1) is 0 Å². The second kappa shape index (κ2) is 5.57. The summed E-state index contributed by atoms with van der Waals surface area (Å²) in [5, 5.41) is 2.28. The van der Waals surface area contributed by atoms with Crippen molar-refractivity contribution in [1.29, 1.82) is 0 Å². The van der Waals surface area contributed by atoms with Gasteiger partial charge in [-0.25, -0.2) is 8.78 Å². The number of hydrogen-bond acceptors (Lipinski definition) is 1. The summed E-state index contributed by atoms with van der Waals surface area (Å²) in [4.78, 5) is 0. The monoisotopic (exact) mass is 327 g/mol. The summed E-state index contributed by atoms with van der Waals surface area (Å²) in [7, 11) is 1.25. The Morgan fingerprint density at radius 3 is 2.17 bits per heavy atom. The van der Waals surface area contributed by atoms with Crippen LogP contribution < -0.4 is 5.32 Å². The molecule has 1 aromatic rings. The van der Waals surface area contributed by atoms with Crippen LogP contribution in [0.15, 0.2) is 16.6 Å². The molecule has 1 nitrogen and oxygen atoms in total. The lowest BCUT2D eigenvalue weighted by Gasteiger charge is -2.28. The Labute approximate surface area is 112 Å². The minimum Gasteiger partial charge on any atom is -0.308 e. The predicted molar refractivity (Wildman–Crippen MR) is 66.4 cm³/mol. The lowest BCUT2D eigenvalue weighted by Crippen LogP contribution is -2.41. The van der Waals surface area contributed by atoms with Crippen LogP contribution in [0, 0.1) is 13.8 Å². The molecule has 0 heterocycles. The molecule has 0 saturated heterocycles. The van der Waals surface area contributed by atoms with Gasteiger partial charge in [-0.2, -0.15) is 8.78 Å². The molecule has 0 spiro atoms. The summed E-state index contributed by atoms with van der Waals surface area (Å²) in [6, 6.07) is 1.44. The van der Waals surface area contributed by atoms with Crippen molar-refractivity contribution in [1.82, 2.24) is 5.32 Å². The Balaban J connectivity index is 3.30. The topological polar surface area (TPSA) is 12.0 Å². The van der Waals surface area contributed by atoms with E-state index in [0.717, 1.165) is 10.0 Å². The van der Waals surface area contributed by atoms with Gasteiger partial charge in [-0.3, -0.25) is 0 Å². The Morgan fingerprint density at radius 1 is 1.17 bits per heavy atom. The van der Waals surface area contributed by atoms with Crippen molar-refractivity contribution in [2.45, 2.75) is 32.2 Å². The first-order valence-electron chi connectivity index (χ1n) is 5.31. The molecule has 0 radical (unpaired) electrons. The maximum absolute atomic E-state index is 13.5. The van der Waals surface area contributed by atoms with Crippen molar-refractivity contribution in [3.8, 4) is 0 Å². The summed E-state index contributed by atoms with van der Waals surface area (Å²) in [6.45, 7) is 3.34. The van der Waals surface area contributed by atoms with Crippen LogP contribution in [0.3, 0.4) is 0 Å². The fourth-order valence-corrected chi connectivity index (χ4v) is 2.25. The molecule has 1 atom stereocenters. The zero-order valence-electron chi connectivity index (χ0n) is 10.2. The molecule has 0 saturated carbocycles. The molecule has 0 aliphatic rings. The molecular formula is C12H14BrF4N. The van der Waals surface area contributed by atoms with Gasteiger partial charge in [-0.1, -0.05) is 22.0 Å². The first kappa shape index (κ1) is 15.4. The molecule has 6 heteroatoms. The molecular weight excluding hydrogens is 314 g/mol. The second-order valence-corrected chi connectivity index (χ2v) is 5.01. The number of hydrogen-bond donors (Lipinski definition) is 1. The molecule has 0 amide bonds. The van der Waals surface area contributed by atoms with E-state index < -0.39 is 18.4 Å². The first-order valence-corrected chi connectivity index (χ1v) is 6.11. The SMILES string of the molecule is CNC(c1cc(C)c(Br)cc1C)C(F)(F)C(F)F. The van der Waals surface area contributed by atoms with Crippen LogP contribution in [0.2, 0.25) is 0 Å². The molecule has 0 fully saturated rings. The molecule has 102 valence electrons. The van der Waals surface area contributed by atoms with Gasteiger partial charge in [0.05, 0.1) is 0 Å². The molecule has 0 bridgehead atoms. The highest BCUT2D eigenvalue weighted by Gasteiger charge is 2.49. The van der Waals surface area contributed by atoms with Crippen molar-refractivity contribution < 1.29 is 17.6 Å². The van der Waals surface area contributed by atoms with Gasteiger partial charge in [0.1, 0.15) is 6.04 Å². The number of nitrogens with one attached hydrogen (secondary N) is 1. The Kier molecular flexibility index (Phi) is 4.78. The number of alkyl halides is 4. The smallest absolute Gasteiger partial charge is 0.308 e. The van der Waals surface area contributed by atoms with Crippen LogP contribution in [0.4, 0.5) is 17.6 Å². The minimum atomic E-state index is -4.11. The van der Waals surface area contributed by atoms with E-state index in [0.29, 0.717) is 5.56 Å². The number of halogens is 5. The van der Waals surface area contributed by atoms with E-state index in [-0.39, 0.29) is 5.56 Å². The molecule has 0 aliphatic heterocycles. The normalized spacial score (nSPS) is 14.1. The molecule has 1 N–H and O–H groups in total. The minimum absolute atomic E-state index is 0.184. The van der Waals surface area contributed by atoms with E-state index in [2.05, 4.69) is 21.2 Å². The van der Waals surface area contributed by atoms with Crippen molar-refractivity contribution in [2.75, 3.05) is 7.05 Å². The van der Waals surface area contributed by atoms with Crippen molar-refractivity contribution >= 4 is 15.9 Å². The molecule has 1 unspecified atom stereocenters. The van der Waals surface area contributed by atoms with Crippen LogP contribution in [0.25, 0.3) is 0 Å². The van der Waals surface area contributed by atoms with Gasteiger partial charge in [0, 0.05) is 4.47 Å². The van der Waals surface area contributed by atoms with Gasteiger partial charge < -0.3 is 5.32 Å². The predicted octanol–water partition coefficient (Wildman–Crippen LogP) is 4.23. The Morgan fingerprint density at radius 2 is 1.72 bits per heavy atom. The van der Waals surface area contributed by atoms with Crippen molar-refractivity contribution in [2.24, 2.45) is 0 Å². The summed E-state index contributed by atoms with van der Waals surface area (Å²) < 4.78 is 52.6. The van der Waals surface area contributed by atoms with Crippen LogP contribution in [0.1, 0.15) is 22.7 Å². The van der Waals surface area contributed by atoms with Crippen LogP contribution >= 0.6 is 15.9 Å². The number of benzene rings is 1. The van der Waals surface area contributed by atoms with Crippen LogP contribution in [-0.4, -0.2) is 19.4 Å². The average molecular weight is 328 g/mol. The van der Waals surface area contributed by atoms with E-state index in [4.69, 9.17) is 0 Å². The maximum Gasteiger partial charge on any atom is 0.326 e. The molecule has 1 aromatic carbocycles. The third-order valence-corrected chi connectivity index (χ3v) is 3.68. The average Bonchev–Trinajstić information content (AvgIpc) is 2.25.